The summed E-state index contributed by atoms with van der Waals surface area (Å²) in [6.45, 7) is 1.67. The second kappa shape index (κ2) is 7.32. The van der Waals surface area contributed by atoms with Gasteiger partial charge in [0.15, 0.2) is 0 Å². The molecule has 2 N–H and O–H groups in total. The Morgan fingerprint density at radius 3 is 2.67 bits per heavy atom. The van der Waals surface area contributed by atoms with Gasteiger partial charge in [0.05, 0.1) is 0 Å². The number of nitrogens with zero attached hydrogens (tertiary/aromatic N) is 2. The van der Waals surface area contributed by atoms with Gasteiger partial charge >= 0.3 is 0 Å². The van der Waals surface area contributed by atoms with E-state index in [1.165, 1.54) is 0 Å². The molecule has 4 heteroatoms. The van der Waals surface area contributed by atoms with Crippen LogP contribution >= 0.6 is 0 Å². The van der Waals surface area contributed by atoms with E-state index in [0.717, 1.165) is 53.0 Å². The van der Waals surface area contributed by atoms with E-state index in [-0.39, 0.29) is 0 Å². The van der Waals surface area contributed by atoms with Crippen LogP contribution < -0.4 is 10.6 Å². The van der Waals surface area contributed by atoms with Crippen molar-refractivity contribution in [3.8, 4) is 11.1 Å². The highest BCUT2D eigenvalue weighted by Gasteiger charge is 2.08. The van der Waals surface area contributed by atoms with Crippen LogP contribution in [0.5, 0.6) is 0 Å². The third-order valence-corrected chi connectivity index (χ3v) is 4.26. The molecule has 0 fully saturated rings. The molecule has 4 nitrogen and oxygen atoms in total. The highest BCUT2D eigenvalue weighted by atomic mass is 16.5. The number of fused-ring (bicyclic) bond motifs is 1. The molecular formula is C20H23N3O. The van der Waals surface area contributed by atoms with E-state index in [2.05, 4.69) is 40.2 Å². The van der Waals surface area contributed by atoms with Gasteiger partial charge in [-0.3, -0.25) is 0 Å². The van der Waals surface area contributed by atoms with Crippen molar-refractivity contribution >= 4 is 22.3 Å². The zero-order valence-corrected chi connectivity index (χ0v) is 14.2. The SMILES string of the molecule is COCCCN(C)c1ccc(-c2ccc3ccccc3c2N)cn1. The van der Waals surface area contributed by atoms with Crippen molar-refractivity contribution in [2.45, 2.75) is 6.42 Å². The van der Waals surface area contributed by atoms with Gasteiger partial charge in [-0.25, -0.2) is 4.98 Å². The van der Waals surface area contributed by atoms with Crippen molar-refractivity contribution in [2.24, 2.45) is 0 Å². The number of methoxy groups -OCH3 is 1. The van der Waals surface area contributed by atoms with E-state index in [4.69, 9.17) is 10.5 Å². The Morgan fingerprint density at radius 2 is 1.92 bits per heavy atom. The van der Waals surface area contributed by atoms with Crippen LogP contribution in [0.2, 0.25) is 0 Å². The molecule has 0 spiro atoms. The molecule has 0 saturated carbocycles. The molecule has 0 bridgehead atoms. The minimum absolute atomic E-state index is 0.760. The predicted octanol–water partition coefficient (Wildman–Crippen LogP) is 3.96. The third kappa shape index (κ3) is 3.34. The van der Waals surface area contributed by atoms with Crippen molar-refractivity contribution in [3.63, 3.8) is 0 Å². The monoisotopic (exact) mass is 321 g/mol. The molecule has 0 amide bonds. The zero-order valence-electron chi connectivity index (χ0n) is 14.2. The van der Waals surface area contributed by atoms with E-state index in [1.807, 2.05) is 31.4 Å². The molecule has 124 valence electrons. The lowest BCUT2D eigenvalue weighted by Crippen LogP contribution is -2.20. The van der Waals surface area contributed by atoms with E-state index >= 15 is 0 Å². The van der Waals surface area contributed by atoms with Crippen molar-refractivity contribution in [3.05, 3.63) is 54.7 Å². The average molecular weight is 321 g/mol. The fourth-order valence-corrected chi connectivity index (χ4v) is 2.88. The second-order valence-corrected chi connectivity index (χ2v) is 5.92. The van der Waals surface area contributed by atoms with Gasteiger partial charge in [0.2, 0.25) is 0 Å². The average Bonchev–Trinajstić information content (AvgIpc) is 2.63. The number of anilines is 2. The molecule has 0 atom stereocenters. The lowest BCUT2D eigenvalue weighted by Gasteiger charge is -2.18. The summed E-state index contributed by atoms with van der Waals surface area (Å²) in [6.07, 6.45) is 2.87. The molecule has 3 aromatic rings. The van der Waals surface area contributed by atoms with Gasteiger partial charge in [0, 0.05) is 55.7 Å². The molecule has 0 radical (unpaired) electrons. The smallest absolute Gasteiger partial charge is 0.128 e. The Kier molecular flexibility index (Phi) is 4.96. The molecule has 3 rings (SSSR count). The molecule has 2 aromatic carbocycles. The number of nitrogen functional groups attached to an aromatic ring is 1. The Bertz CT molecular complexity index is 815. The number of nitrogens with two attached hydrogens (primary N) is 1. The second-order valence-electron chi connectivity index (χ2n) is 5.92. The molecule has 0 aliphatic carbocycles. The highest BCUT2D eigenvalue weighted by Crippen LogP contribution is 2.32. The first-order valence-corrected chi connectivity index (χ1v) is 8.14. The lowest BCUT2D eigenvalue weighted by atomic mass is 10.00. The van der Waals surface area contributed by atoms with Crippen LogP contribution in [0.3, 0.4) is 0 Å². The summed E-state index contributed by atoms with van der Waals surface area (Å²) in [7, 11) is 3.77. The molecule has 24 heavy (non-hydrogen) atoms. The Balaban J connectivity index is 1.84. The summed E-state index contributed by atoms with van der Waals surface area (Å²) in [5, 5.41) is 2.23. The Labute approximate surface area is 142 Å². The van der Waals surface area contributed by atoms with Crippen molar-refractivity contribution < 1.29 is 4.74 Å². The maximum absolute atomic E-state index is 6.38. The first-order chi connectivity index (χ1) is 11.7. The van der Waals surface area contributed by atoms with Gasteiger partial charge in [-0.2, -0.15) is 0 Å². The van der Waals surface area contributed by atoms with Crippen molar-refractivity contribution in [2.75, 3.05) is 37.9 Å². The predicted molar refractivity (Wildman–Crippen MR) is 101 cm³/mol. The van der Waals surface area contributed by atoms with E-state index in [9.17, 15) is 0 Å². The van der Waals surface area contributed by atoms with Crippen LogP contribution in [0.1, 0.15) is 6.42 Å². The molecular weight excluding hydrogens is 298 g/mol. The number of benzene rings is 2. The molecule has 0 aliphatic rings. The number of rotatable bonds is 6. The maximum atomic E-state index is 6.38. The van der Waals surface area contributed by atoms with Gasteiger partial charge in [-0.15, -0.1) is 0 Å². The minimum atomic E-state index is 0.760. The number of hydrogen-bond donors (Lipinski definition) is 1. The van der Waals surface area contributed by atoms with Crippen LogP contribution in [-0.4, -0.2) is 32.3 Å². The standard InChI is InChI=1S/C20H23N3O/c1-23(12-5-13-24-2)19-11-9-16(14-22-19)18-10-8-15-6-3-4-7-17(15)20(18)21/h3-4,6-11,14H,5,12-13,21H2,1-2H3. The topological polar surface area (TPSA) is 51.4 Å². The number of pyridine rings is 1. The van der Waals surface area contributed by atoms with Crippen LogP contribution in [0.15, 0.2) is 54.7 Å². The van der Waals surface area contributed by atoms with Crippen molar-refractivity contribution in [1.82, 2.24) is 4.98 Å². The Hall–Kier alpha value is -2.59. The van der Waals surface area contributed by atoms with Gasteiger partial charge in [0.25, 0.3) is 0 Å². The summed E-state index contributed by atoms with van der Waals surface area (Å²) < 4.78 is 5.09. The quantitative estimate of drug-likeness (QED) is 0.551. The minimum Gasteiger partial charge on any atom is -0.398 e. The first kappa shape index (κ1) is 16.3. The molecule has 0 aliphatic heterocycles. The lowest BCUT2D eigenvalue weighted by molar-refractivity contribution is 0.196. The van der Waals surface area contributed by atoms with E-state index in [1.54, 1.807) is 7.11 Å². The normalized spacial score (nSPS) is 10.9. The van der Waals surface area contributed by atoms with Crippen LogP contribution in [0, 0.1) is 0 Å². The van der Waals surface area contributed by atoms with Crippen LogP contribution in [-0.2, 0) is 4.74 Å². The largest absolute Gasteiger partial charge is 0.398 e. The summed E-state index contributed by atoms with van der Waals surface area (Å²) in [5.41, 5.74) is 9.24. The number of aromatic nitrogens is 1. The summed E-state index contributed by atoms with van der Waals surface area (Å²) in [6, 6.07) is 16.5. The first-order valence-electron chi connectivity index (χ1n) is 8.14. The molecule has 1 heterocycles. The number of hydrogen-bond acceptors (Lipinski definition) is 4. The zero-order chi connectivity index (χ0) is 16.9. The number of ether oxygens (including phenoxy) is 1. The molecule has 1 aromatic heterocycles. The van der Waals surface area contributed by atoms with Gasteiger partial charge in [-0.1, -0.05) is 36.4 Å². The summed E-state index contributed by atoms with van der Waals surface area (Å²) in [4.78, 5) is 6.72. The van der Waals surface area contributed by atoms with Crippen LogP contribution in [0.25, 0.3) is 21.9 Å². The maximum Gasteiger partial charge on any atom is 0.128 e. The fourth-order valence-electron chi connectivity index (χ4n) is 2.88. The van der Waals surface area contributed by atoms with Gasteiger partial charge in [-0.05, 0) is 23.9 Å². The molecule has 0 unspecified atom stereocenters. The van der Waals surface area contributed by atoms with Crippen LogP contribution in [0.4, 0.5) is 11.5 Å². The fraction of sp³-hybridized carbons (Fsp3) is 0.250. The van der Waals surface area contributed by atoms with Crippen molar-refractivity contribution in [1.29, 1.82) is 0 Å². The van der Waals surface area contributed by atoms with E-state index in [0.29, 0.717) is 0 Å². The van der Waals surface area contributed by atoms with Gasteiger partial charge < -0.3 is 15.4 Å². The summed E-state index contributed by atoms with van der Waals surface area (Å²) >= 11 is 0. The Morgan fingerprint density at radius 1 is 1.08 bits per heavy atom. The summed E-state index contributed by atoms with van der Waals surface area (Å²) in [5.74, 6) is 0.953. The highest BCUT2D eigenvalue weighted by molar-refractivity contribution is 6.00. The molecule has 0 saturated heterocycles. The third-order valence-electron chi connectivity index (χ3n) is 4.26. The van der Waals surface area contributed by atoms with Gasteiger partial charge in [0.1, 0.15) is 5.82 Å². The van der Waals surface area contributed by atoms with E-state index < -0.39 is 0 Å².